The minimum Gasteiger partial charge on any atom is -0.492 e. The Labute approximate surface area is 206 Å². The van der Waals surface area contributed by atoms with E-state index in [0.29, 0.717) is 28.4 Å². The van der Waals surface area contributed by atoms with Crippen molar-refractivity contribution < 1.29 is 18.5 Å². The molecular formula is C24H27ClN4O4S. The van der Waals surface area contributed by atoms with Gasteiger partial charge in [-0.15, -0.1) is 0 Å². The lowest BCUT2D eigenvalue weighted by atomic mass is 9.86. The number of ether oxygens (including phenoxy) is 2. The van der Waals surface area contributed by atoms with Crippen LogP contribution in [-0.4, -0.2) is 33.4 Å². The lowest BCUT2D eigenvalue weighted by Crippen LogP contribution is -2.17. The van der Waals surface area contributed by atoms with Crippen LogP contribution in [0.15, 0.2) is 42.7 Å². The highest BCUT2D eigenvalue weighted by molar-refractivity contribution is 7.85. The highest BCUT2D eigenvalue weighted by Crippen LogP contribution is 2.39. The number of nitrogens with zero attached hydrogens (tertiary/aromatic N) is 2. The Balaban J connectivity index is 1.96. The minimum absolute atomic E-state index is 0.221. The molecule has 1 atom stereocenters. The van der Waals surface area contributed by atoms with Crippen LogP contribution in [0.1, 0.15) is 42.3 Å². The molecule has 0 saturated carbocycles. The molecule has 10 heteroatoms. The second kappa shape index (κ2) is 10.4. The number of aromatic nitrogens is 2. The number of halogens is 1. The molecule has 0 saturated heterocycles. The van der Waals surface area contributed by atoms with Crippen LogP contribution in [0, 0.1) is 6.92 Å². The molecule has 8 nitrogen and oxygen atoms in total. The van der Waals surface area contributed by atoms with E-state index in [1.54, 1.807) is 18.2 Å². The van der Waals surface area contributed by atoms with Gasteiger partial charge in [-0.05, 0) is 47.7 Å². The van der Waals surface area contributed by atoms with Crippen LogP contribution in [0.2, 0.25) is 5.15 Å². The summed E-state index contributed by atoms with van der Waals surface area (Å²) in [6.45, 7) is 8.01. The number of methoxy groups -OCH3 is 1. The maximum atomic E-state index is 13.2. The summed E-state index contributed by atoms with van der Waals surface area (Å²) >= 11 is 5.91. The Kier molecular flexibility index (Phi) is 7.78. The van der Waals surface area contributed by atoms with Gasteiger partial charge in [-0.1, -0.05) is 38.4 Å². The molecule has 2 N–H and O–H groups in total. The Morgan fingerprint density at radius 1 is 1.09 bits per heavy atom. The van der Waals surface area contributed by atoms with Crippen molar-refractivity contribution in [2.45, 2.75) is 33.1 Å². The normalized spacial score (nSPS) is 12.1. The van der Waals surface area contributed by atoms with Gasteiger partial charge in [0.2, 0.25) is 5.88 Å². The van der Waals surface area contributed by atoms with Crippen molar-refractivity contribution in [3.05, 3.63) is 64.6 Å². The molecule has 1 heterocycles. The predicted molar refractivity (Wildman–Crippen MR) is 136 cm³/mol. The number of nitrogens with one attached hydrogen (secondary N) is 2. The third-order valence-corrected chi connectivity index (χ3v) is 5.65. The van der Waals surface area contributed by atoms with E-state index in [9.17, 15) is 9.00 Å². The van der Waals surface area contributed by atoms with Crippen molar-refractivity contribution in [3.8, 4) is 17.4 Å². The van der Waals surface area contributed by atoms with Crippen molar-refractivity contribution in [2.24, 2.45) is 0 Å². The standard InChI is InChI=1S/C24H27ClN4O4S/c1-14-7-8-15(9-19(14)33-21-12-20(25)26-13-27-21)23(30)28-17-10-16(24(2,3)4)11-18(22(17)32-5)29-34(6)31/h7-13,29H,1-6H3,(H,28,30). The number of hydrogen-bond acceptors (Lipinski definition) is 6. The van der Waals surface area contributed by atoms with E-state index in [1.807, 2.05) is 19.1 Å². The first-order valence-corrected chi connectivity index (χ1v) is 12.3. The number of aryl methyl sites for hydroxylation is 1. The van der Waals surface area contributed by atoms with Crippen LogP contribution < -0.4 is 19.5 Å². The van der Waals surface area contributed by atoms with E-state index < -0.39 is 11.0 Å². The average Bonchev–Trinajstić information content (AvgIpc) is 2.74. The lowest BCUT2D eigenvalue weighted by Gasteiger charge is -2.24. The Morgan fingerprint density at radius 2 is 1.79 bits per heavy atom. The van der Waals surface area contributed by atoms with Crippen LogP contribution in [0.3, 0.4) is 0 Å². The zero-order valence-corrected chi connectivity index (χ0v) is 21.4. The molecular weight excluding hydrogens is 476 g/mol. The van der Waals surface area contributed by atoms with Gasteiger partial charge in [0.25, 0.3) is 5.91 Å². The molecule has 34 heavy (non-hydrogen) atoms. The van der Waals surface area contributed by atoms with E-state index in [4.69, 9.17) is 21.1 Å². The average molecular weight is 503 g/mol. The number of carbonyl (C=O) groups excluding carboxylic acids is 1. The lowest BCUT2D eigenvalue weighted by molar-refractivity contribution is 0.102. The third kappa shape index (κ3) is 6.24. The second-order valence-corrected chi connectivity index (χ2v) is 10.1. The van der Waals surface area contributed by atoms with Gasteiger partial charge in [0.1, 0.15) is 28.2 Å². The highest BCUT2D eigenvalue weighted by atomic mass is 35.5. The SMILES string of the molecule is COc1c(NC(=O)c2ccc(C)c(Oc3cc(Cl)ncn3)c2)cc(C(C)(C)C)cc1NS(C)=O. The van der Waals surface area contributed by atoms with Crippen molar-refractivity contribution >= 4 is 39.9 Å². The van der Waals surface area contributed by atoms with E-state index in [-0.39, 0.29) is 22.4 Å². The maximum Gasteiger partial charge on any atom is 0.255 e. The molecule has 0 bridgehead atoms. The van der Waals surface area contributed by atoms with Crippen molar-refractivity contribution in [2.75, 3.05) is 23.4 Å². The molecule has 3 aromatic rings. The van der Waals surface area contributed by atoms with Gasteiger partial charge in [0.15, 0.2) is 5.75 Å². The summed E-state index contributed by atoms with van der Waals surface area (Å²) in [5.41, 5.74) is 2.89. The first-order valence-electron chi connectivity index (χ1n) is 10.4. The second-order valence-electron chi connectivity index (χ2n) is 8.63. The quantitative estimate of drug-likeness (QED) is 0.414. The summed E-state index contributed by atoms with van der Waals surface area (Å²) in [7, 11) is 0.170. The van der Waals surface area contributed by atoms with Gasteiger partial charge in [-0.3, -0.25) is 4.79 Å². The number of benzene rings is 2. The number of rotatable bonds is 7. The Morgan fingerprint density at radius 3 is 2.41 bits per heavy atom. The van der Waals surface area contributed by atoms with Gasteiger partial charge in [-0.2, -0.15) is 0 Å². The smallest absolute Gasteiger partial charge is 0.255 e. The third-order valence-electron chi connectivity index (χ3n) is 4.93. The van der Waals surface area contributed by atoms with Gasteiger partial charge < -0.3 is 19.5 Å². The van der Waals surface area contributed by atoms with Crippen LogP contribution in [0.25, 0.3) is 0 Å². The molecule has 1 amide bonds. The fourth-order valence-electron chi connectivity index (χ4n) is 3.14. The summed E-state index contributed by atoms with van der Waals surface area (Å²) < 4.78 is 26.1. The summed E-state index contributed by atoms with van der Waals surface area (Å²) in [6, 6.07) is 10.3. The van der Waals surface area contributed by atoms with Gasteiger partial charge in [0.05, 0.1) is 18.5 Å². The largest absolute Gasteiger partial charge is 0.492 e. The predicted octanol–water partition coefficient (Wildman–Crippen LogP) is 5.49. The van der Waals surface area contributed by atoms with E-state index in [0.717, 1.165) is 11.1 Å². The van der Waals surface area contributed by atoms with Gasteiger partial charge in [-0.25, -0.2) is 14.2 Å². The zero-order valence-electron chi connectivity index (χ0n) is 19.9. The van der Waals surface area contributed by atoms with Crippen LogP contribution in [0.5, 0.6) is 17.4 Å². The molecule has 1 aromatic heterocycles. The zero-order chi connectivity index (χ0) is 25.0. The fourth-order valence-corrected chi connectivity index (χ4v) is 3.74. The van der Waals surface area contributed by atoms with Crippen LogP contribution in [0.4, 0.5) is 11.4 Å². The van der Waals surface area contributed by atoms with Crippen molar-refractivity contribution in [1.29, 1.82) is 0 Å². The van der Waals surface area contributed by atoms with E-state index in [1.165, 1.54) is 25.8 Å². The molecule has 0 fully saturated rings. The topological polar surface area (TPSA) is 102 Å². The monoisotopic (exact) mass is 502 g/mol. The fraction of sp³-hybridized carbons (Fsp3) is 0.292. The first-order chi connectivity index (χ1) is 16.0. The summed E-state index contributed by atoms with van der Waals surface area (Å²) in [5, 5.41) is 3.17. The first kappa shape index (κ1) is 25.5. The molecule has 0 radical (unpaired) electrons. The highest BCUT2D eigenvalue weighted by Gasteiger charge is 2.22. The van der Waals surface area contributed by atoms with E-state index >= 15 is 0 Å². The molecule has 180 valence electrons. The molecule has 0 aliphatic heterocycles. The van der Waals surface area contributed by atoms with Crippen molar-refractivity contribution in [1.82, 2.24) is 9.97 Å². The maximum absolute atomic E-state index is 13.2. The van der Waals surface area contributed by atoms with Crippen LogP contribution >= 0.6 is 11.6 Å². The summed E-state index contributed by atoms with van der Waals surface area (Å²) in [4.78, 5) is 21.1. The minimum atomic E-state index is -1.33. The molecule has 0 aliphatic rings. The number of hydrogen-bond donors (Lipinski definition) is 2. The van der Waals surface area contributed by atoms with Crippen LogP contribution in [-0.2, 0) is 16.4 Å². The molecule has 2 aromatic carbocycles. The Bertz CT molecular complexity index is 1240. The van der Waals surface area contributed by atoms with Crippen molar-refractivity contribution in [3.63, 3.8) is 0 Å². The number of anilines is 2. The Hall–Kier alpha value is -3.17. The summed E-state index contributed by atoms with van der Waals surface area (Å²) in [5.74, 6) is 0.749. The molecule has 1 unspecified atom stereocenters. The number of carbonyl (C=O) groups is 1. The number of amides is 1. The molecule has 0 aliphatic carbocycles. The molecule has 3 rings (SSSR count). The van der Waals surface area contributed by atoms with E-state index in [2.05, 4.69) is 40.8 Å². The molecule has 0 spiro atoms. The van der Waals surface area contributed by atoms with Gasteiger partial charge >= 0.3 is 0 Å². The van der Waals surface area contributed by atoms with Gasteiger partial charge in [0, 0.05) is 17.9 Å². The summed E-state index contributed by atoms with van der Waals surface area (Å²) in [6.07, 6.45) is 2.83.